The Morgan fingerprint density at radius 1 is 1.11 bits per heavy atom. The van der Waals surface area contributed by atoms with Crippen molar-refractivity contribution in [3.63, 3.8) is 0 Å². The number of Topliss-reactive ketones (excluding diaryl/α,β-unsaturated/α-hetero) is 1. The zero-order valence-electron chi connectivity index (χ0n) is 15.8. The Morgan fingerprint density at radius 2 is 1.82 bits per heavy atom. The molecule has 0 aliphatic rings. The summed E-state index contributed by atoms with van der Waals surface area (Å²) in [6.07, 6.45) is 1.75. The monoisotopic (exact) mass is 391 g/mol. The summed E-state index contributed by atoms with van der Waals surface area (Å²) < 4.78 is 1.69. The van der Waals surface area contributed by atoms with Crippen LogP contribution in [0, 0.1) is 5.92 Å². The molecule has 28 heavy (non-hydrogen) atoms. The van der Waals surface area contributed by atoms with Crippen LogP contribution < -0.4 is 5.56 Å². The Labute approximate surface area is 166 Å². The first-order chi connectivity index (χ1) is 13.5. The molecule has 6 heteroatoms. The number of fused-ring (bicyclic) bond motifs is 2. The van der Waals surface area contributed by atoms with Crippen LogP contribution in [0.5, 0.6) is 0 Å². The second-order valence-electron chi connectivity index (χ2n) is 7.18. The highest BCUT2D eigenvalue weighted by Gasteiger charge is 2.16. The van der Waals surface area contributed by atoms with E-state index in [0.29, 0.717) is 34.1 Å². The molecule has 0 saturated carbocycles. The molecule has 2 aromatic carbocycles. The summed E-state index contributed by atoms with van der Waals surface area (Å²) >= 11 is 1.32. The molecule has 0 amide bonds. The SMILES string of the molecule is CC(C)Cn1c(SCC(=O)c2c[nH]c3ccccc23)nc2ccccc2c1=O. The van der Waals surface area contributed by atoms with Gasteiger partial charge in [0, 0.05) is 29.2 Å². The summed E-state index contributed by atoms with van der Waals surface area (Å²) in [4.78, 5) is 33.6. The van der Waals surface area contributed by atoms with E-state index < -0.39 is 0 Å². The maximum atomic E-state index is 13.0. The molecular formula is C22H21N3O2S. The van der Waals surface area contributed by atoms with Gasteiger partial charge >= 0.3 is 0 Å². The molecule has 2 heterocycles. The fraction of sp³-hybridized carbons (Fsp3) is 0.227. The van der Waals surface area contributed by atoms with Crippen molar-refractivity contribution in [2.24, 2.45) is 5.92 Å². The number of hydrogen-bond donors (Lipinski definition) is 1. The average molecular weight is 391 g/mol. The van der Waals surface area contributed by atoms with Crippen LogP contribution in [-0.2, 0) is 6.54 Å². The predicted octanol–water partition coefficient (Wildman–Crippen LogP) is 4.51. The molecule has 4 aromatic rings. The summed E-state index contributed by atoms with van der Waals surface area (Å²) in [7, 11) is 0. The molecule has 142 valence electrons. The topological polar surface area (TPSA) is 67.8 Å². The van der Waals surface area contributed by atoms with E-state index in [4.69, 9.17) is 0 Å². The van der Waals surface area contributed by atoms with Gasteiger partial charge in [-0.3, -0.25) is 14.2 Å². The fourth-order valence-electron chi connectivity index (χ4n) is 3.29. The maximum absolute atomic E-state index is 13.0. The first kappa shape index (κ1) is 18.5. The zero-order chi connectivity index (χ0) is 19.7. The molecule has 0 fully saturated rings. The van der Waals surface area contributed by atoms with Gasteiger partial charge in [-0.1, -0.05) is 55.9 Å². The molecule has 0 aliphatic heterocycles. The molecule has 2 aromatic heterocycles. The van der Waals surface area contributed by atoms with E-state index in [1.807, 2.05) is 42.5 Å². The Bertz CT molecular complexity index is 1220. The van der Waals surface area contributed by atoms with Gasteiger partial charge in [0.2, 0.25) is 0 Å². The smallest absolute Gasteiger partial charge is 0.262 e. The molecule has 0 saturated heterocycles. The highest BCUT2D eigenvalue weighted by molar-refractivity contribution is 7.99. The van der Waals surface area contributed by atoms with Crippen molar-refractivity contribution in [2.75, 3.05) is 5.75 Å². The molecule has 5 nitrogen and oxygen atoms in total. The Balaban J connectivity index is 1.67. The van der Waals surface area contributed by atoms with Crippen molar-refractivity contribution < 1.29 is 4.79 Å². The summed E-state index contributed by atoms with van der Waals surface area (Å²) in [6, 6.07) is 15.1. The number of H-pyrrole nitrogens is 1. The number of thioether (sulfide) groups is 1. The van der Waals surface area contributed by atoms with Crippen LogP contribution in [0.15, 0.2) is 64.7 Å². The van der Waals surface area contributed by atoms with Gasteiger partial charge in [-0.2, -0.15) is 0 Å². The van der Waals surface area contributed by atoms with Crippen LogP contribution in [0.2, 0.25) is 0 Å². The standard InChI is InChI=1S/C22H21N3O2S/c1-14(2)12-25-21(27)16-8-4-6-10-19(16)24-22(25)28-13-20(26)17-11-23-18-9-5-3-7-15(17)18/h3-11,14,23H,12-13H2,1-2H3. The van der Waals surface area contributed by atoms with Gasteiger partial charge in [0.25, 0.3) is 5.56 Å². The Kier molecular flexibility index (Phi) is 5.05. The third-order valence-corrected chi connectivity index (χ3v) is 5.57. The zero-order valence-corrected chi connectivity index (χ0v) is 16.6. The largest absolute Gasteiger partial charge is 0.360 e. The van der Waals surface area contributed by atoms with Crippen molar-refractivity contribution in [2.45, 2.75) is 25.5 Å². The summed E-state index contributed by atoms with van der Waals surface area (Å²) in [5.41, 5.74) is 2.22. The first-order valence-electron chi connectivity index (χ1n) is 9.26. The summed E-state index contributed by atoms with van der Waals surface area (Å²) in [6.45, 7) is 4.70. The Morgan fingerprint density at radius 3 is 2.61 bits per heavy atom. The molecule has 0 atom stereocenters. The van der Waals surface area contributed by atoms with Gasteiger partial charge in [0.1, 0.15) is 0 Å². The van der Waals surface area contributed by atoms with Gasteiger partial charge in [0.15, 0.2) is 10.9 Å². The van der Waals surface area contributed by atoms with E-state index in [0.717, 1.165) is 10.9 Å². The molecule has 4 rings (SSSR count). The van der Waals surface area contributed by atoms with E-state index in [1.54, 1.807) is 16.8 Å². The number of aromatic amines is 1. The lowest BCUT2D eigenvalue weighted by Crippen LogP contribution is -2.25. The van der Waals surface area contributed by atoms with E-state index >= 15 is 0 Å². The van der Waals surface area contributed by atoms with Gasteiger partial charge in [-0.15, -0.1) is 0 Å². The van der Waals surface area contributed by atoms with Crippen LogP contribution >= 0.6 is 11.8 Å². The lowest BCUT2D eigenvalue weighted by Gasteiger charge is -2.14. The van der Waals surface area contributed by atoms with Crippen molar-refractivity contribution in [1.29, 1.82) is 0 Å². The van der Waals surface area contributed by atoms with Crippen molar-refractivity contribution in [3.8, 4) is 0 Å². The van der Waals surface area contributed by atoms with Crippen molar-refractivity contribution in [3.05, 3.63) is 70.6 Å². The fourth-order valence-corrected chi connectivity index (χ4v) is 4.19. The number of nitrogens with one attached hydrogen (secondary N) is 1. The number of nitrogens with zero attached hydrogens (tertiary/aromatic N) is 2. The molecule has 0 aliphatic carbocycles. The lowest BCUT2D eigenvalue weighted by molar-refractivity contribution is 0.102. The molecule has 1 N–H and O–H groups in total. The first-order valence-corrected chi connectivity index (χ1v) is 10.2. The average Bonchev–Trinajstić information content (AvgIpc) is 3.12. The maximum Gasteiger partial charge on any atom is 0.262 e. The summed E-state index contributed by atoms with van der Waals surface area (Å²) in [5.74, 6) is 0.537. The molecular weight excluding hydrogens is 370 g/mol. The van der Waals surface area contributed by atoms with Crippen LogP contribution in [0.1, 0.15) is 24.2 Å². The number of ketones is 1. The van der Waals surface area contributed by atoms with E-state index in [-0.39, 0.29) is 17.1 Å². The van der Waals surface area contributed by atoms with Crippen LogP contribution in [-0.4, -0.2) is 26.1 Å². The van der Waals surface area contributed by atoms with E-state index in [2.05, 4.69) is 23.8 Å². The van der Waals surface area contributed by atoms with Crippen molar-refractivity contribution in [1.82, 2.24) is 14.5 Å². The minimum atomic E-state index is -0.0543. The molecule has 0 bridgehead atoms. The van der Waals surface area contributed by atoms with E-state index in [9.17, 15) is 9.59 Å². The van der Waals surface area contributed by atoms with Gasteiger partial charge in [-0.25, -0.2) is 4.98 Å². The Hall–Kier alpha value is -2.86. The minimum Gasteiger partial charge on any atom is -0.360 e. The molecule has 0 unspecified atom stereocenters. The van der Waals surface area contributed by atoms with E-state index in [1.165, 1.54) is 11.8 Å². The van der Waals surface area contributed by atoms with Gasteiger partial charge < -0.3 is 4.98 Å². The van der Waals surface area contributed by atoms with Crippen LogP contribution in [0.4, 0.5) is 0 Å². The number of rotatable bonds is 6. The highest BCUT2D eigenvalue weighted by Crippen LogP contribution is 2.23. The van der Waals surface area contributed by atoms with Crippen LogP contribution in [0.3, 0.4) is 0 Å². The van der Waals surface area contributed by atoms with Crippen LogP contribution in [0.25, 0.3) is 21.8 Å². The summed E-state index contributed by atoms with van der Waals surface area (Å²) in [5, 5.41) is 2.11. The predicted molar refractivity (Wildman–Crippen MR) is 114 cm³/mol. The van der Waals surface area contributed by atoms with Crippen molar-refractivity contribution >= 4 is 39.4 Å². The normalized spacial score (nSPS) is 11.5. The second kappa shape index (κ2) is 7.64. The lowest BCUT2D eigenvalue weighted by atomic mass is 10.1. The number of carbonyl (C=O) groups is 1. The molecule has 0 radical (unpaired) electrons. The molecule has 0 spiro atoms. The number of para-hydroxylation sites is 2. The minimum absolute atomic E-state index is 0.0148. The number of hydrogen-bond acceptors (Lipinski definition) is 4. The third-order valence-electron chi connectivity index (χ3n) is 4.60. The number of aromatic nitrogens is 3. The van der Waals surface area contributed by atoms with Gasteiger partial charge in [-0.05, 0) is 24.1 Å². The van der Waals surface area contributed by atoms with Gasteiger partial charge in [0.05, 0.1) is 16.7 Å². The highest BCUT2D eigenvalue weighted by atomic mass is 32.2. The number of benzene rings is 2. The second-order valence-corrected chi connectivity index (χ2v) is 8.12. The number of carbonyl (C=O) groups excluding carboxylic acids is 1. The quantitative estimate of drug-likeness (QED) is 0.298. The third kappa shape index (κ3) is 3.47.